The van der Waals surface area contributed by atoms with Crippen molar-refractivity contribution in [2.75, 3.05) is 6.54 Å². The summed E-state index contributed by atoms with van der Waals surface area (Å²) in [5.41, 5.74) is -0.0382. The molecule has 7 heteroatoms. The number of hydrogen-bond donors (Lipinski definition) is 1. The molecule has 2 amide bonds. The van der Waals surface area contributed by atoms with E-state index >= 15 is 0 Å². The molecule has 1 atom stereocenters. The molecule has 5 nitrogen and oxygen atoms in total. The van der Waals surface area contributed by atoms with Crippen LogP contribution in [-0.4, -0.2) is 29.3 Å². The van der Waals surface area contributed by atoms with Crippen LogP contribution in [0.2, 0.25) is 0 Å². The van der Waals surface area contributed by atoms with Gasteiger partial charge in [-0.05, 0) is 50.1 Å². The molecule has 1 heterocycles. The van der Waals surface area contributed by atoms with Crippen molar-refractivity contribution >= 4 is 11.8 Å². The number of nitrogens with zero attached hydrogens (tertiary/aromatic N) is 1. The Morgan fingerprint density at radius 1 is 1.28 bits per heavy atom. The summed E-state index contributed by atoms with van der Waals surface area (Å²) in [5.74, 6) is -2.34. The van der Waals surface area contributed by atoms with Gasteiger partial charge in [-0.15, -0.1) is 0 Å². The van der Waals surface area contributed by atoms with Crippen LogP contribution in [0.4, 0.5) is 8.78 Å². The maximum atomic E-state index is 13.2. The Bertz CT molecular complexity index is 773. The summed E-state index contributed by atoms with van der Waals surface area (Å²) in [6.45, 7) is 1.64. The summed E-state index contributed by atoms with van der Waals surface area (Å²) in [5, 5.41) is 2.46. The van der Waals surface area contributed by atoms with Crippen LogP contribution in [0.15, 0.2) is 41.0 Å². The minimum atomic E-state index is -1.11. The molecule has 1 fully saturated rings. The zero-order valence-electron chi connectivity index (χ0n) is 13.7. The standard InChI is InChI=1S/C18H18F2N2O3/c1-11(16-3-2-8-25-16)22(13-5-6-13)17(23)10-21-18(24)12-4-7-14(19)15(20)9-12/h2-4,7-9,11,13H,5-6,10H2,1H3,(H,21,24). The summed E-state index contributed by atoms with van der Waals surface area (Å²) in [6, 6.07) is 6.30. The first-order valence-corrected chi connectivity index (χ1v) is 8.05. The minimum absolute atomic E-state index is 0.0382. The van der Waals surface area contributed by atoms with Gasteiger partial charge in [0.1, 0.15) is 5.76 Å². The van der Waals surface area contributed by atoms with Crippen molar-refractivity contribution in [3.05, 3.63) is 59.6 Å². The molecule has 3 rings (SSSR count). The number of hydrogen-bond acceptors (Lipinski definition) is 3. The number of halogens is 2. The highest BCUT2D eigenvalue weighted by Crippen LogP contribution is 2.34. The number of carbonyl (C=O) groups is 2. The van der Waals surface area contributed by atoms with E-state index < -0.39 is 17.5 Å². The Morgan fingerprint density at radius 3 is 2.64 bits per heavy atom. The second-order valence-corrected chi connectivity index (χ2v) is 6.04. The Morgan fingerprint density at radius 2 is 2.04 bits per heavy atom. The van der Waals surface area contributed by atoms with E-state index in [0.29, 0.717) is 5.76 Å². The molecule has 1 aromatic heterocycles. The van der Waals surface area contributed by atoms with Crippen molar-refractivity contribution in [1.29, 1.82) is 0 Å². The van der Waals surface area contributed by atoms with E-state index in [0.717, 1.165) is 25.0 Å². The van der Waals surface area contributed by atoms with Crippen LogP contribution < -0.4 is 5.32 Å². The highest BCUT2D eigenvalue weighted by Gasteiger charge is 2.37. The zero-order chi connectivity index (χ0) is 18.0. The van der Waals surface area contributed by atoms with E-state index in [4.69, 9.17) is 4.42 Å². The van der Waals surface area contributed by atoms with Crippen molar-refractivity contribution in [3.8, 4) is 0 Å². The van der Waals surface area contributed by atoms with Gasteiger partial charge in [0.25, 0.3) is 5.91 Å². The normalized spacial score (nSPS) is 14.8. The van der Waals surface area contributed by atoms with Crippen molar-refractivity contribution in [3.63, 3.8) is 0 Å². The molecule has 0 bridgehead atoms. The first kappa shape index (κ1) is 17.1. The molecule has 132 valence electrons. The second-order valence-electron chi connectivity index (χ2n) is 6.04. The summed E-state index contributed by atoms with van der Waals surface area (Å²) < 4.78 is 31.5. The van der Waals surface area contributed by atoms with Crippen LogP contribution in [0.3, 0.4) is 0 Å². The maximum absolute atomic E-state index is 13.2. The lowest BCUT2D eigenvalue weighted by molar-refractivity contribution is -0.133. The van der Waals surface area contributed by atoms with Crippen LogP contribution in [-0.2, 0) is 4.79 Å². The van der Waals surface area contributed by atoms with Gasteiger partial charge in [0.2, 0.25) is 5.91 Å². The van der Waals surface area contributed by atoms with Crippen molar-refractivity contribution in [2.24, 2.45) is 0 Å². The van der Waals surface area contributed by atoms with Crippen LogP contribution in [0.5, 0.6) is 0 Å². The first-order chi connectivity index (χ1) is 12.0. The first-order valence-electron chi connectivity index (χ1n) is 8.05. The van der Waals surface area contributed by atoms with Gasteiger partial charge >= 0.3 is 0 Å². The molecule has 1 unspecified atom stereocenters. The smallest absolute Gasteiger partial charge is 0.251 e. The van der Waals surface area contributed by atoms with Gasteiger partial charge in [-0.1, -0.05) is 0 Å². The van der Waals surface area contributed by atoms with Crippen LogP contribution in [0.25, 0.3) is 0 Å². The number of furan rings is 1. The molecule has 0 saturated heterocycles. The topological polar surface area (TPSA) is 62.6 Å². The third kappa shape index (κ3) is 3.87. The summed E-state index contributed by atoms with van der Waals surface area (Å²) in [6.07, 6.45) is 3.37. The van der Waals surface area contributed by atoms with Crippen molar-refractivity contribution in [2.45, 2.75) is 31.8 Å². The molecule has 0 aliphatic heterocycles. The molecular formula is C18H18F2N2O3. The molecular weight excluding hydrogens is 330 g/mol. The molecule has 1 N–H and O–H groups in total. The summed E-state index contributed by atoms with van der Waals surface area (Å²) >= 11 is 0. The lowest BCUT2D eigenvalue weighted by atomic mass is 10.2. The molecule has 0 spiro atoms. The minimum Gasteiger partial charge on any atom is -0.467 e. The van der Waals surface area contributed by atoms with Crippen LogP contribution >= 0.6 is 0 Å². The number of rotatable bonds is 6. The summed E-state index contributed by atoms with van der Waals surface area (Å²) in [7, 11) is 0. The SMILES string of the molecule is CC(c1ccco1)N(C(=O)CNC(=O)c1ccc(F)c(F)c1)C1CC1. The van der Waals surface area contributed by atoms with Gasteiger partial charge in [-0.25, -0.2) is 8.78 Å². The second kappa shape index (κ2) is 7.04. The Hall–Kier alpha value is -2.70. The fourth-order valence-corrected chi connectivity index (χ4v) is 2.74. The largest absolute Gasteiger partial charge is 0.467 e. The van der Waals surface area contributed by atoms with E-state index in [1.807, 2.05) is 6.92 Å². The lowest BCUT2D eigenvalue weighted by Crippen LogP contribution is -2.42. The van der Waals surface area contributed by atoms with Gasteiger partial charge in [0.05, 0.1) is 18.8 Å². The van der Waals surface area contributed by atoms with Crippen molar-refractivity contribution < 1.29 is 22.8 Å². The summed E-state index contributed by atoms with van der Waals surface area (Å²) in [4.78, 5) is 26.3. The van der Waals surface area contributed by atoms with Gasteiger partial charge in [-0.3, -0.25) is 9.59 Å². The van der Waals surface area contributed by atoms with Gasteiger partial charge in [-0.2, -0.15) is 0 Å². The number of carbonyl (C=O) groups excluding carboxylic acids is 2. The van der Waals surface area contributed by atoms with Gasteiger partial charge in [0, 0.05) is 11.6 Å². The van der Waals surface area contributed by atoms with E-state index in [1.165, 1.54) is 6.07 Å². The molecule has 1 aromatic carbocycles. The maximum Gasteiger partial charge on any atom is 0.251 e. The Balaban J connectivity index is 1.63. The highest BCUT2D eigenvalue weighted by atomic mass is 19.2. The molecule has 25 heavy (non-hydrogen) atoms. The van der Waals surface area contributed by atoms with Crippen LogP contribution in [0, 0.1) is 11.6 Å². The predicted octanol–water partition coefficient (Wildman–Crippen LogP) is 3.04. The number of benzene rings is 1. The van der Waals surface area contributed by atoms with E-state index in [-0.39, 0.29) is 30.1 Å². The molecule has 1 aliphatic carbocycles. The third-order valence-electron chi connectivity index (χ3n) is 4.18. The van der Waals surface area contributed by atoms with E-state index in [2.05, 4.69) is 5.32 Å². The molecule has 0 radical (unpaired) electrons. The van der Waals surface area contributed by atoms with E-state index in [1.54, 1.807) is 23.3 Å². The highest BCUT2D eigenvalue weighted by molar-refractivity contribution is 5.96. The third-order valence-corrected chi connectivity index (χ3v) is 4.18. The predicted molar refractivity (Wildman–Crippen MR) is 85.7 cm³/mol. The zero-order valence-corrected chi connectivity index (χ0v) is 13.7. The van der Waals surface area contributed by atoms with Gasteiger partial charge in [0.15, 0.2) is 11.6 Å². The lowest BCUT2D eigenvalue weighted by Gasteiger charge is -2.28. The number of amides is 2. The fourth-order valence-electron chi connectivity index (χ4n) is 2.74. The van der Waals surface area contributed by atoms with E-state index in [9.17, 15) is 18.4 Å². The van der Waals surface area contributed by atoms with Gasteiger partial charge < -0.3 is 14.6 Å². The fraction of sp³-hybridized carbons (Fsp3) is 0.333. The average Bonchev–Trinajstić information content (AvgIpc) is 3.26. The average molecular weight is 348 g/mol. The van der Waals surface area contributed by atoms with Crippen LogP contribution in [0.1, 0.15) is 41.9 Å². The molecule has 1 saturated carbocycles. The Kier molecular flexibility index (Phi) is 4.83. The molecule has 1 aliphatic rings. The van der Waals surface area contributed by atoms with Crippen molar-refractivity contribution in [1.82, 2.24) is 10.2 Å². The monoisotopic (exact) mass is 348 g/mol. The Labute approximate surface area is 143 Å². The molecule has 2 aromatic rings. The quantitative estimate of drug-likeness (QED) is 0.873. The number of nitrogens with one attached hydrogen (secondary N) is 1.